The molecule has 0 atom stereocenters. The number of hydrogen-bond donors (Lipinski definition) is 2. The Morgan fingerprint density at radius 3 is 2.75 bits per heavy atom. The topological polar surface area (TPSA) is 55.1 Å². The van der Waals surface area contributed by atoms with Gasteiger partial charge in [-0.1, -0.05) is 44.2 Å². The van der Waals surface area contributed by atoms with Gasteiger partial charge in [-0.25, -0.2) is 0 Å². The zero-order valence-electron chi connectivity index (χ0n) is 11.9. The SMILES string of the molecule is NC(=O)CSc1ccccc1NCCC1CCCCC1. The number of carbonyl (C=O) groups excluding carboxylic acids is 1. The number of anilines is 1. The normalized spacial score (nSPS) is 16.0. The fourth-order valence-electron chi connectivity index (χ4n) is 2.77. The van der Waals surface area contributed by atoms with Gasteiger partial charge in [0.2, 0.25) is 5.91 Å². The van der Waals surface area contributed by atoms with Gasteiger partial charge in [0.1, 0.15) is 0 Å². The number of para-hydroxylation sites is 1. The first kappa shape index (κ1) is 15.2. The summed E-state index contributed by atoms with van der Waals surface area (Å²) < 4.78 is 0. The Hall–Kier alpha value is -1.16. The Morgan fingerprint density at radius 1 is 1.25 bits per heavy atom. The molecule has 0 heterocycles. The lowest BCUT2D eigenvalue weighted by atomic mass is 9.87. The van der Waals surface area contributed by atoms with Crippen molar-refractivity contribution in [1.29, 1.82) is 0 Å². The van der Waals surface area contributed by atoms with Gasteiger partial charge in [0.15, 0.2) is 0 Å². The van der Waals surface area contributed by atoms with Gasteiger partial charge in [0, 0.05) is 17.1 Å². The Morgan fingerprint density at radius 2 is 2.00 bits per heavy atom. The van der Waals surface area contributed by atoms with Crippen LogP contribution >= 0.6 is 11.8 Å². The molecule has 4 heteroatoms. The maximum Gasteiger partial charge on any atom is 0.227 e. The van der Waals surface area contributed by atoms with Crippen molar-refractivity contribution in [2.24, 2.45) is 11.7 Å². The van der Waals surface area contributed by atoms with Crippen molar-refractivity contribution in [2.45, 2.75) is 43.4 Å². The van der Waals surface area contributed by atoms with Crippen LogP contribution in [0.4, 0.5) is 5.69 Å². The Balaban J connectivity index is 1.80. The summed E-state index contributed by atoms with van der Waals surface area (Å²) in [4.78, 5) is 12.0. The van der Waals surface area contributed by atoms with Gasteiger partial charge in [-0.3, -0.25) is 4.79 Å². The number of nitrogens with one attached hydrogen (secondary N) is 1. The van der Waals surface area contributed by atoms with E-state index in [1.54, 1.807) is 0 Å². The molecule has 0 radical (unpaired) electrons. The lowest BCUT2D eigenvalue weighted by Crippen LogP contribution is -2.14. The van der Waals surface area contributed by atoms with Gasteiger partial charge in [-0.15, -0.1) is 11.8 Å². The molecule has 3 nitrogen and oxygen atoms in total. The van der Waals surface area contributed by atoms with Crippen LogP contribution in [-0.4, -0.2) is 18.2 Å². The highest BCUT2D eigenvalue weighted by atomic mass is 32.2. The Bertz CT molecular complexity index is 430. The average Bonchev–Trinajstić information content (AvgIpc) is 2.47. The summed E-state index contributed by atoms with van der Waals surface area (Å²) in [6.45, 7) is 1.01. The smallest absolute Gasteiger partial charge is 0.227 e. The molecular weight excluding hydrogens is 268 g/mol. The van der Waals surface area contributed by atoms with Gasteiger partial charge in [-0.2, -0.15) is 0 Å². The number of nitrogens with two attached hydrogens (primary N) is 1. The molecular formula is C16H24N2OS. The van der Waals surface area contributed by atoms with Crippen LogP contribution in [0.2, 0.25) is 0 Å². The molecule has 1 aliphatic carbocycles. The van der Waals surface area contributed by atoms with Gasteiger partial charge in [0.05, 0.1) is 5.75 Å². The maximum atomic E-state index is 10.9. The lowest BCUT2D eigenvalue weighted by Gasteiger charge is -2.22. The first-order valence-electron chi connectivity index (χ1n) is 7.49. The van der Waals surface area contributed by atoms with Crippen LogP contribution in [0.25, 0.3) is 0 Å². The summed E-state index contributed by atoms with van der Waals surface area (Å²) >= 11 is 1.50. The van der Waals surface area contributed by atoms with Crippen LogP contribution in [0.5, 0.6) is 0 Å². The van der Waals surface area contributed by atoms with Crippen molar-refractivity contribution >= 4 is 23.4 Å². The first-order valence-corrected chi connectivity index (χ1v) is 8.48. The number of rotatable bonds is 7. The second-order valence-corrected chi connectivity index (χ2v) is 6.49. The summed E-state index contributed by atoms with van der Waals surface area (Å²) in [6.07, 6.45) is 8.23. The summed E-state index contributed by atoms with van der Waals surface area (Å²) in [5.74, 6) is 0.954. The molecule has 2 rings (SSSR count). The molecule has 0 spiro atoms. The third-order valence-corrected chi connectivity index (χ3v) is 4.95. The number of benzene rings is 1. The minimum absolute atomic E-state index is 0.271. The predicted molar refractivity (Wildman–Crippen MR) is 86.0 cm³/mol. The Labute approximate surface area is 125 Å². The van der Waals surface area contributed by atoms with Gasteiger partial charge in [-0.05, 0) is 24.5 Å². The molecule has 1 amide bonds. The predicted octanol–water partition coefficient (Wildman–Crippen LogP) is 3.65. The van der Waals surface area contributed by atoms with Crippen LogP contribution in [0.3, 0.4) is 0 Å². The highest BCUT2D eigenvalue weighted by Crippen LogP contribution is 2.28. The van der Waals surface area contributed by atoms with Crippen LogP contribution in [0, 0.1) is 5.92 Å². The second-order valence-electron chi connectivity index (χ2n) is 5.47. The molecule has 110 valence electrons. The highest BCUT2D eigenvalue weighted by Gasteiger charge is 2.13. The van der Waals surface area contributed by atoms with Gasteiger partial charge in [0.25, 0.3) is 0 Å². The average molecular weight is 292 g/mol. The van der Waals surface area contributed by atoms with E-state index in [-0.39, 0.29) is 5.91 Å². The molecule has 0 aliphatic heterocycles. The van der Waals surface area contributed by atoms with Crippen molar-refractivity contribution in [3.8, 4) is 0 Å². The van der Waals surface area contributed by atoms with Crippen molar-refractivity contribution in [3.05, 3.63) is 24.3 Å². The molecule has 1 aromatic carbocycles. The largest absolute Gasteiger partial charge is 0.384 e. The minimum Gasteiger partial charge on any atom is -0.384 e. The fourth-order valence-corrected chi connectivity index (χ4v) is 3.54. The summed E-state index contributed by atoms with van der Waals surface area (Å²) in [5, 5.41) is 3.51. The van der Waals surface area contributed by atoms with E-state index < -0.39 is 0 Å². The molecule has 1 saturated carbocycles. The van der Waals surface area contributed by atoms with Crippen molar-refractivity contribution in [1.82, 2.24) is 0 Å². The molecule has 0 bridgehead atoms. The number of thioether (sulfide) groups is 1. The van der Waals surface area contributed by atoms with E-state index >= 15 is 0 Å². The van der Waals surface area contributed by atoms with Crippen LogP contribution in [-0.2, 0) is 4.79 Å². The number of carbonyl (C=O) groups is 1. The Kier molecular flexibility index (Phi) is 6.25. The highest BCUT2D eigenvalue weighted by molar-refractivity contribution is 8.00. The summed E-state index contributed by atoms with van der Waals surface area (Å²) in [5.41, 5.74) is 6.33. The van der Waals surface area contributed by atoms with E-state index in [4.69, 9.17) is 5.73 Å². The van der Waals surface area contributed by atoms with Gasteiger partial charge < -0.3 is 11.1 Å². The minimum atomic E-state index is -0.271. The molecule has 1 aromatic rings. The van der Waals surface area contributed by atoms with E-state index in [9.17, 15) is 4.79 Å². The maximum absolute atomic E-state index is 10.9. The monoisotopic (exact) mass is 292 g/mol. The number of amides is 1. The van der Waals surface area contributed by atoms with E-state index in [1.165, 1.54) is 50.3 Å². The number of primary amides is 1. The van der Waals surface area contributed by atoms with Crippen LogP contribution in [0.1, 0.15) is 38.5 Å². The molecule has 0 saturated heterocycles. The number of hydrogen-bond acceptors (Lipinski definition) is 3. The molecule has 1 aliphatic rings. The third kappa shape index (κ3) is 5.08. The zero-order chi connectivity index (χ0) is 14.2. The lowest BCUT2D eigenvalue weighted by molar-refractivity contribution is -0.115. The van der Waals surface area contributed by atoms with E-state index in [1.807, 2.05) is 18.2 Å². The third-order valence-electron chi connectivity index (χ3n) is 3.85. The van der Waals surface area contributed by atoms with Crippen molar-refractivity contribution in [3.63, 3.8) is 0 Å². The molecule has 20 heavy (non-hydrogen) atoms. The zero-order valence-corrected chi connectivity index (χ0v) is 12.8. The fraction of sp³-hybridized carbons (Fsp3) is 0.562. The molecule has 0 unspecified atom stereocenters. The summed E-state index contributed by atoms with van der Waals surface area (Å²) in [6, 6.07) is 8.13. The molecule has 0 aromatic heterocycles. The molecule has 1 fully saturated rings. The first-order chi connectivity index (χ1) is 9.75. The van der Waals surface area contributed by atoms with Gasteiger partial charge >= 0.3 is 0 Å². The van der Waals surface area contributed by atoms with Crippen molar-refractivity contribution in [2.75, 3.05) is 17.6 Å². The quantitative estimate of drug-likeness (QED) is 0.754. The van der Waals surface area contributed by atoms with Crippen LogP contribution in [0.15, 0.2) is 29.2 Å². The molecule has 3 N–H and O–H groups in total. The van der Waals surface area contributed by atoms with E-state index in [0.29, 0.717) is 5.75 Å². The van der Waals surface area contributed by atoms with E-state index in [2.05, 4.69) is 11.4 Å². The standard InChI is InChI=1S/C16H24N2OS/c17-16(19)12-20-15-9-5-4-8-14(15)18-11-10-13-6-2-1-3-7-13/h4-5,8-9,13,18H,1-3,6-7,10-12H2,(H2,17,19). The second kappa shape index (κ2) is 8.20. The van der Waals surface area contributed by atoms with Crippen molar-refractivity contribution < 1.29 is 4.79 Å². The summed E-state index contributed by atoms with van der Waals surface area (Å²) in [7, 11) is 0. The van der Waals surface area contributed by atoms with E-state index in [0.717, 1.165) is 23.0 Å². The van der Waals surface area contributed by atoms with Crippen LogP contribution < -0.4 is 11.1 Å².